The van der Waals surface area contributed by atoms with Crippen LogP contribution in [0, 0.1) is 26.7 Å². The quantitative estimate of drug-likeness (QED) is 0.273. The number of nitrogens with one attached hydrogen (secondary N) is 1. The molecule has 3 aromatic rings. The van der Waals surface area contributed by atoms with Crippen LogP contribution >= 0.6 is 23.2 Å². The van der Waals surface area contributed by atoms with Gasteiger partial charge in [0.15, 0.2) is 0 Å². The van der Waals surface area contributed by atoms with E-state index in [4.69, 9.17) is 23.2 Å². The lowest BCUT2D eigenvalue weighted by Gasteiger charge is -2.32. The molecule has 0 aliphatic rings. The molecule has 2 amide bonds. The highest BCUT2D eigenvalue weighted by Crippen LogP contribution is 2.28. The van der Waals surface area contributed by atoms with Crippen LogP contribution in [0.25, 0.3) is 0 Å². The van der Waals surface area contributed by atoms with E-state index in [2.05, 4.69) is 5.32 Å². The van der Waals surface area contributed by atoms with Gasteiger partial charge in [-0.2, -0.15) is 0 Å². The lowest BCUT2D eigenvalue weighted by Crippen LogP contribution is -2.51. The minimum absolute atomic E-state index is 0.0174. The maximum atomic E-state index is 14.0. The molecule has 3 aromatic carbocycles. The van der Waals surface area contributed by atoms with Crippen molar-refractivity contribution >= 4 is 50.7 Å². The number of hydrogen-bond donors (Lipinski definition) is 1. The van der Waals surface area contributed by atoms with Gasteiger partial charge < -0.3 is 10.2 Å². The zero-order valence-corrected chi connectivity index (χ0v) is 26.6. The molecule has 0 unspecified atom stereocenters. The molecule has 0 radical (unpaired) electrons. The van der Waals surface area contributed by atoms with E-state index < -0.39 is 28.5 Å². The second kappa shape index (κ2) is 13.7. The summed E-state index contributed by atoms with van der Waals surface area (Å²) in [7, 11) is -4.14. The smallest absolute Gasteiger partial charge is 0.264 e. The van der Waals surface area contributed by atoms with Crippen molar-refractivity contribution in [3.05, 3.63) is 93.0 Å². The Bertz CT molecular complexity index is 1510. The monoisotopic (exact) mass is 617 g/mol. The summed E-state index contributed by atoms with van der Waals surface area (Å²) in [5.74, 6) is -0.700. The number of benzene rings is 3. The number of sulfonamides is 1. The van der Waals surface area contributed by atoms with Crippen LogP contribution in [0.5, 0.6) is 0 Å². The van der Waals surface area contributed by atoms with Crippen molar-refractivity contribution in [2.75, 3.05) is 17.4 Å². The molecule has 1 N–H and O–H groups in total. The molecular weight excluding hydrogens is 581 g/mol. The van der Waals surface area contributed by atoms with Crippen molar-refractivity contribution in [1.82, 2.24) is 10.2 Å². The van der Waals surface area contributed by atoms with Crippen LogP contribution in [0.3, 0.4) is 0 Å². The van der Waals surface area contributed by atoms with Gasteiger partial charge in [-0.1, -0.05) is 66.9 Å². The van der Waals surface area contributed by atoms with E-state index in [1.54, 1.807) is 49.4 Å². The molecule has 0 aromatic heterocycles. The Morgan fingerprint density at radius 3 is 2.12 bits per heavy atom. The minimum Gasteiger partial charge on any atom is -0.354 e. The van der Waals surface area contributed by atoms with Gasteiger partial charge in [-0.05, 0) is 86.7 Å². The summed E-state index contributed by atoms with van der Waals surface area (Å²) >= 11 is 12.5. The molecule has 0 saturated heterocycles. The molecule has 0 fully saturated rings. The molecule has 0 aliphatic carbocycles. The zero-order valence-electron chi connectivity index (χ0n) is 24.2. The highest BCUT2D eigenvalue weighted by molar-refractivity contribution is 7.92. The normalized spacial score (nSPS) is 12.2. The highest BCUT2D eigenvalue weighted by Gasteiger charge is 2.33. The largest absolute Gasteiger partial charge is 0.354 e. The first-order valence-electron chi connectivity index (χ1n) is 13.4. The molecule has 41 heavy (non-hydrogen) atoms. The number of amides is 2. The van der Waals surface area contributed by atoms with Gasteiger partial charge in [-0.15, -0.1) is 0 Å². The standard InChI is InChI=1S/C31H37Cl2N3O4S/c1-20(2)17-34-31(38)24(6)35(18-25-10-11-26(32)16-29(25)33)30(37)19-36(27-12-9-22(4)23(5)15-27)41(39,40)28-13-7-21(3)8-14-28/h7-16,20,24H,17-19H2,1-6H3,(H,34,38)/t24-/m0/s1. The fourth-order valence-corrected chi connectivity index (χ4v) is 5.99. The van der Waals surface area contributed by atoms with Crippen LogP contribution < -0.4 is 9.62 Å². The van der Waals surface area contributed by atoms with Crippen molar-refractivity contribution in [3.8, 4) is 0 Å². The van der Waals surface area contributed by atoms with Gasteiger partial charge in [0.1, 0.15) is 12.6 Å². The average Bonchev–Trinajstić information content (AvgIpc) is 2.91. The Kier molecular flexibility index (Phi) is 10.9. The molecule has 220 valence electrons. The van der Waals surface area contributed by atoms with Gasteiger partial charge in [-0.25, -0.2) is 8.42 Å². The summed E-state index contributed by atoms with van der Waals surface area (Å²) < 4.78 is 29.0. The van der Waals surface area contributed by atoms with Crippen LogP contribution in [0.2, 0.25) is 10.0 Å². The summed E-state index contributed by atoms with van der Waals surface area (Å²) in [4.78, 5) is 28.6. The molecule has 0 heterocycles. The Morgan fingerprint density at radius 2 is 1.54 bits per heavy atom. The predicted molar refractivity (Wildman–Crippen MR) is 166 cm³/mol. The summed E-state index contributed by atoms with van der Waals surface area (Å²) in [5.41, 5.74) is 3.70. The number of halogens is 2. The topological polar surface area (TPSA) is 86.8 Å². The fourth-order valence-electron chi connectivity index (χ4n) is 4.12. The van der Waals surface area contributed by atoms with Gasteiger partial charge in [0.05, 0.1) is 10.6 Å². The Hall–Kier alpha value is -3.07. The van der Waals surface area contributed by atoms with E-state index in [-0.39, 0.29) is 23.3 Å². The molecule has 0 aliphatic heterocycles. The number of rotatable bonds is 11. The lowest BCUT2D eigenvalue weighted by atomic mass is 10.1. The van der Waals surface area contributed by atoms with Crippen molar-refractivity contribution in [2.45, 2.75) is 59.0 Å². The van der Waals surface area contributed by atoms with Gasteiger partial charge in [0.25, 0.3) is 10.0 Å². The zero-order chi connectivity index (χ0) is 30.5. The second-order valence-corrected chi connectivity index (χ2v) is 13.4. The number of anilines is 1. The minimum atomic E-state index is -4.14. The lowest BCUT2D eigenvalue weighted by molar-refractivity contribution is -0.139. The third-order valence-electron chi connectivity index (χ3n) is 6.87. The molecule has 0 spiro atoms. The van der Waals surface area contributed by atoms with E-state index >= 15 is 0 Å². The SMILES string of the molecule is Cc1ccc(S(=O)(=O)N(CC(=O)N(Cc2ccc(Cl)cc2Cl)[C@@H](C)C(=O)NCC(C)C)c2ccc(C)c(C)c2)cc1. The van der Waals surface area contributed by atoms with Gasteiger partial charge in [0, 0.05) is 23.1 Å². The molecule has 7 nitrogen and oxygen atoms in total. The molecule has 3 rings (SSSR count). The van der Waals surface area contributed by atoms with Crippen molar-refractivity contribution in [2.24, 2.45) is 5.92 Å². The van der Waals surface area contributed by atoms with Crippen molar-refractivity contribution in [1.29, 1.82) is 0 Å². The molecule has 0 saturated carbocycles. The maximum Gasteiger partial charge on any atom is 0.264 e. The van der Waals surface area contributed by atoms with Gasteiger partial charge in [0.2, 0.25) is 11.8 Å². The Morgan fingerprint density at radius 1 is 0.878 bits per heavy atom. The van der Waals surface area contributed by atoms with E-state index in [9.17, 15) is 18.0 Å². The number of nitrogens with zero attached hydrogens (tertiary/aromatic N) is 2. The third kappa shape index (κ3) is 8.24. The van der Waals surface area contributed by atoms with E-state index in [1.165, 1.54) is 17.0 Å². The van der Waals surface area contributed by atoms with Crippen LogP contribution in [-0.4, -0.2) is 44.3 Å². The average molecular weight is 619 g/mol. The third-order valence-corrected chi connectivity index (χ3v) is 9.25. The van der Waals surface area contributed by atoms with Crippen LogP contribution in [0.4, 0.5) is 5.69 Å². The van der Waals surface area contributed by atoms with E-state index in [1.807, 2.05) is 40.7 Å². The highest BCUT2D eigenvalue weighted by atomic mass is 35.5. The molecular formula is C31H37Cl2N3O4S. The van der Waals surface area contributed by atoms with Gasteiger partial charge >= 0.3 is 0 Å². The first-order valence-corrected chi connectivity index (χ1v) is 15.6. The molecule has 10 heteroatoms. The van der Waals surface area contributed by atoms with Gasteiger partial charge in [-0.3, -0.25) is 13.9 Å². The van der Waals surface area contributed by atoms with Crippen molar-refractivity contribution in [3.63, 3.8) is 0 Å². The van der Waals surface area contributed by atoms with Crippen LogP contribution in [-0.2, 0) is 26.2 Å². The number of hydrogen-bond acceptors (Lipinski definition) is 4. The summed E-state index contributed by atoms with van der Waals surface area (Å²) in [6, 6.07) is 15.7. The number of aryl methyl sites for hydroxylation is 3. The Balaban J connectivity index is 2.06. The van der Waals surface area contributed by atoms with Crippen LogP contribution in [0.15, 0.2) is 65.6 Å². The first kappa shape index (κ1) is 32.4. The van der Waals surface area contributed by atoms with E-state index in [0.29, 0.717) is 27.8 Å². The second-order valence-electron chi connectivity index (χ2n) is 10.7. The first-order chi connectivity index (χ1) is 19.2. The Labute approximate surface area is 253 Å². The van der Waals surface area contributed by atoms with Crippen LogP contribution in [0.1, 0.15) is 43.0 Å². The molecule has 1 atom stereocenters. The fraction of sp³-hybridized carbons (Fsp3) is 0.355. The predicted octanol–water partition coefficient (Wildman–Crippen LogP) is 6.30. The molecule has 0 bridgehead atoms. The maximum absolute atomic E-state index is 14.0. The number of carbonyl (C=O) groups is 2. The van der Waals surface area contributed by atoms with E-state index in [0.717, 1.165) is 21.0 Å². The summed E-state index contributed by atoms with van der Waals surface area (Å²) in [6.45, 7) is 11.1. The summed E-state index contributed by atoms with van der Waals surface area (Å²) in [6.07, 6.45) is 0. The summed E-state index contributed by atoms with van der Waals surface area (Å²) in [5, 5.41) is 3.64. The van der Waals surface area contributed by atoms with Crippen molar-refractivity contribution < 1.29 is 18.0 Å². The number of carbonyl (C=O) groups excluding carboxylic acids is 2.